The molecule has 0 N–H and O–H groups in total. The van der Waals surface area contributed by atoms with E-state index in [4.69, 9.17) is 9.05 Å². The average Bonchev–Trinajstić information content (AvgIpc) is 2.70. The van der Waals surface area contributed by atoms with Gasteiger partial charge in [-0.1, -0.05) is 129 Å². The Labute approximate surface area is 179 Å². The van der Waals surface area contributed by atoms with Gasteiger partial charge in [0.15, 0.2) is 8.38 Å². The molecule has 0 unspecified atom stereocenters. The van der Waals surface area contributed by atoms with Crippen LogP contribution in [0.3, 0.4) is 0 Å². The molecule has 0 fully saturated rings. The zero-order valence-electron chi connectivity index (χ0n) is 19.8. The van der Waals surface area contributed by atoms with E-state index in [0.717, 1.165) is 13.2 Å². The zero-order chi connectivity index (χ0) is 20.5. The molecule has 0 saturated carbocycles. The second kappa shape index (κ2) is 25.4. The summed E-state index contributed by atoms with van der Waals surface area (Å²) in [6.07, 6.45) is 27.6. The van der Waals surface area contributed by atoms with Crippen LogP contribution in [0.15, 0.2) is 0 Å². The molecule has 0 aliphatic heterocycles. The van der Waals surface area contributed by atoms with Gasteiger partial charge in [-0.05, 0) is 12.8 Å². The molecule has 2 nitrogen and oxygen atoms in total. The Morgan fingerprint density at radius 1 is 0.393 bits per heavy atom. The van der Waals surface area contributed by atoms with Crippen LogP contribution in [0.2, 0.25) is 0 Å². The largest absolute Gasteiger partial charge is 0.334 e. The van der Waals surface area contributed by atoms with Crippen molar-refractivity contribution in [3.63, 3.8) is 0 Å². The van der Waals surface area contributed by atoms with Gasteiger partial charge in [0.1, 0.15) is 0 Å². The van der Waals surface area contributed by atoms with E-state index >= 15 is 0 Å². The SMILES string of the molecule is CCCCCCCCCCCCOP(C)OCCCCCCCCCCCC. The minimum Gasteiger partial charge on any atom is -0.334 e. The molecule has 0 spiro atoms. The fourth-order valence-electron chi connectivity index (χ4n) is 3.60. The Bertz CT molecular complexity index is 247. The molecule has 0 rings (SSSR count). The predicted octanol–water partition coefficient (Wildman–Crippen LogP) is 9.80. The molecule has 0 aliphatic carbocycles. The number of hydrogen-bond donors (Lipinski definition) is 0. The van der Waals surface area contributed by atoms with Crippen LogP contribution in [0.5, 0.6) is 0 Å². The van der Waals surface area contributed by atoms with Crippen molar-refractivity contribution in [2.75, 3.05) is 19.9 Å². The first-order valence-corrected chi connectivity index (χ1v) is 14.4. The highest BCUT2D eigenvalue weighted by atomic mass is 31.2. The fourth-order valence-corrected chi connectivity index (χ4v) is 4.45. The van der Waals surface area contributed by atoms with Crippen LogP contribution in [0.4, 0.5) is 0 Å². The molecule has 28 heavy (non-hydrogen) atoms. The van der Waals surface area contributed by atoms with Gasteiger partial charge < -0.3 is 9.05 Å². The molecule has 3 heteroatoms. The normalized spacial score (nSPS) is 11.6. The summed E-state index contributed by atoms with van der Waals surface area (Å²) in [5.74, 6) is 0. The van der Waals surface area contributed by atoms with E-state index in [0.29, 0.717) is 0 Å². The lowest BCUT2D eigenvalue weighted by Gasteiger charge is -2.13. The first-order chi connectivity index (χ1) is 13.8. The molecule has 0 bridgehead atoms. The summed E-state index contributed by atoms with van der Waals surface area (Å²) in [4.78, 5) is 0. The molecule has 0 aliphatic rings. The van der Waals surface area contributed by atoms with Gasteiger partial charge in [-0.25, -0.2) is 0 Å². The number of unbranched alkanes of at least 4 members (excludes halogenated alkanes) is 18. The van der Waals surface area contributed by atoms with Gasteiger partial charge in [0, 0.05) is 6.66 Å². The summed E-state index contributed by atoms with van der Waals surface area (Å²) in [5, 5.41) is 0. The van der Waals surface area contributed by atoms with E-state index in [2.05, 4.69) is 20.5 Å². The van der Waals surface area contributed by atoms with E-state index in [1.807, 2.05) is 0 Å². The summed E-state index contributed by atoms with van der Waals surface area (Å²) >= 11 is 0. The van der Waals surface area contributed by atoms with Crippen LogP contribution >= 0.6 is 8.38 Å². The molecule has 0 saturated heterocycles. The van der Waals surface area contributed by atoms with Crippen molar-refractivity contribution in [2.45, 2.75) is 142 Å². The van der Waals surface area contributed by atoms with E-state index in [1.165, 1.54) is 128 Å². The summed E-state index contributed by atoms with van der Waals surface area (Å²) in [6.45, 7) is 8.45. The maximum atomic E-state index is 5.85. The summed E-state index contributed by atoms with van der Waals surface area (Å²) in [7, 11) is -0.653. The lowest BCUT2D eigenvalue weighted by molar-refractivity contribution is 0.243. The first-order valence-electron chi connectivity index (χ1n) is 12.8. The van der Waals surface area contributed by atoms with Crippen molar-refractivity contribution in [3.8, 4) is 0 Å². The third-order valence-electron chi connectivity index (χ3n) is 5.54. The third kappa shape index (κ3) is 24.4. The average molecular weight is 417 g/mol. The third-order valence-corrected chi connectivity index (χ3v) is 6.63. The van der Waals surface area contributed by atoms with Gasteiger partial charge in [-0.3, -0.25) is 0 Å². The Balaban J connectivity index is 3.12. The number of rotatable bonds is 24. The molecular formula is C25H53O2P. The van der Waals surface area contributed by atoms with Crippen LogP contribution in [0.25, 0.3) is 0 Å². The van der Waals surface area contributed by atoms with Gasteiger partial charge in [0.25, 0.3) is 0 Å². The second-order valence-electron chi connectivity index (χ2n) is 8.47. The molecule has 170 valence electrons. The highest BCUT2D eigenvalue weighted by Crippen LogP contribution is 2.33. The van der Waals surface area contributed by atoms with E-state index in [9.17, 15) is 0 Å². The van der Waals surface area contributed by atoms with E-state index in [-0.39, 0.29) is 0 Å². The standard InChI is InChI=1S/C25H53O2P/c1-4-6-8-10-12-14-16-18-20-22-24-26-28(3)27-25-23-21-19-17-15-13-11-9-7-5-2/h4-25H2,1-3H3. The van der Waals surface area contributed by atoms with Gasteiger partial charge in [0.05, 0.1) is 13.2 Å². The molecule has 0 atom stereocenters. The maximum Gasteiger partial charge on any atom is 0.167 e. The summed E-state index contributed by atoms with van der Waals surface area (Å²) in [6, 6.07) is 0. The van der Waals surface area contributed by atoms with Crippen molar-refractivity contribution in [2.24, 2.45) is 0 Å². The minimum atomic E-state index is -0.653. The maximum absolute atomic E-state index is 5.85. The van der Waals surface area contributed by atoms with Crippen molar-refractivity contribution >= 4 is 8.38 Å². The molecule has 0 radical (unpaired) electrons. The van der Waals surface area contributed by atoms with Gasteiger partial charge >= 0.3 is 0 Å². The molecule has 0 amide bonds. The first kappa shape index (κ1) is 28.4. The van der Waals surface area contributed by atoms with Crippen molar-refractivity contribution in [1.29, 1.82) is 0 Å². The molecule has 0 aromatic heterocycles. The van der Waals surface area contributed by atoms with Crippen molar-refractivity contribution < 1.29 is 9.05 Å². The van der Waals surface area contributed by atoms with E-state index in [1.54, 1.807) is 0 Å². The van der Waals surface area contributed by atoms with Gasteiger partial charge in [-0.15, -0.1) is 0 Å². The lowest BCUT2D eigenvalue weighted by atomic mass is 10.1. The summed E-state index contributed by atoms with van der Waals surface area (Å²) in [5.41, 5.74) is 0. The van der Waals surface area contributed by atoms with Gasteiger partial charge in [0.2, 0.25) is 0 Å². The van der Waals surface area contributed by atoms with Crippen molar-refractivity contribution in [1.82, 2.24) is 0 Å². The van der Waals surface area contributed by atoms with Crippen LogP contribution in [-0.2, 0) is 9.05 Å². The predicted molar refractivity (Wildman–Crippen MR) is 128 cm³/mol. The highest BCUT2D eigenvalue weighted by Gasteiger charge is 2.02. The molecule has 0 heterocycles. The van der Waals surface area contributed by atoms with Crippen LogP contribution in [0, 0.1) is 0 Å². The Hall–Kier alpha value is 0.350. The van der Waals surface area contributed by atoms with Crippen LogP contribution < -0.4 is 0 Å². The van der Waals surface area contributed by atoms with Crippen molar-refractivity contribution in [3.05, 3.63) is 0 Å². The Kier molecular flexibility index (Phi) is 25.7. The molecule has 0 aromatic carbocycles. The zero-order valence-corrected chi connectivity index (χ0v) is 20.7. The minimum absolute atomic E-state index is 0.653. The van der Waals surface area contributed by atoms with Crippen LogP contribution in [0.1, 0.15) is 142 Å². The smallest absolute Gasteiger partial charge is 0.167 e. The Morgan fingerprint density at radius 3 is 0.929 bits per heavy atom. The second-order valence-corrected chi connectivity index (χ2v) is 9.87. The quantitative estimate of drug-likeness (QED) is 0.115. The molecule has 0 aromatic rings. The summed E-state index contributed by atoms with van der Waals surface area (Å²) < 4.78 is 11.7. The van der Waals surface area contributed by atoms with Crippen LogP contribution in [-0.4, -0.2) is 19.9 Å². The molecular weight excluding hydrogens is 363 g/mol. The number of hydrogen-bond acceptors (Lipinski definition) is 2. The Morgan fingerprint density at radius 2 is 0.643 bits per heavy atom. The highest BCUT2D eigenvalue weighted by molar-refractivity contribution is 7.46. The van der Waals surface area contributed by atoms with Gasteiger partial charge in [-0.2, -0.15) is 0 Å². The topological polar surface area (TPSA) is 18.5 Å². The monoisotopic (exact) mass is 416 g/mol. The lowest BCUT2D eigenvalue weighted by Crippen LogP contribution is -1.95. The fraction of sp³-hybridized carbons (Fsp3) is 1.00. The van der Waals surface area contributed by atoms with E-state index < -0.39 is 8.38 Å².